The minimum absolute atomic E-state index is 0.0121. The smallest absolute Gasteiger partial charge is 0.246 e. The van der Waals surface area contributed by atoms with Crippen molar-refractivity contribution in [1.29, 1.82) is 0 Å². The molecule has 0 unspecified atom stereocenters. The average Bonchev–Trinajstić information content (AvgIpc) is 2.79. The fourth-order valence-electron chi connectivity index (χ4n) is 3.89. The van der Waals surface area contributed by atoms with Crippen LogP contribution in [-0.4, -0.2) is 50.4 Å². The van der Waals surface area contributed by atoms with Gasteiger partial charge in [0, 0.05) is 30.6 Å². The van der Waals surface area contributed by atoms with Crippen LogP contribution in [0.4, 0.5) is 0 Å². The van der Waals surface area contributed by atoms with E-state index in [9.17, 15) is 9.59 Å². The van der Waals surface area contributed by atoms with Gasteiger partial charge in [0.05, 0.1) is 20.6 Å². The fourth-order valence-corrected chi connectivity index (χ4v) is 3.89. The van der Waals surface area contributed by atoms with Crippen molar-refractivity contribution in [1.82, 2.24) is 10.2 Å². The lowest BCUT2D eigenvalue weighted by Gasteiger charge is -2.31. The number of benzene rings is 2. The number of likely N-dealkylation sites (tertiary alicyclic amines) is 1. The first-order valence-electron chi connectivity index (χ1n) is 10.7. The number of carbonyl (C=O) groups is 2. The van der Waals surface area contributed by atoms with E-state index in [1.54, 1.807) is 6.08 Å². The standard InChI is InChI=1S/C25H31N3O2/c1-27(2)23(21-11-7-4-8-12-21)19-26-25(30)22-15-17-28(18-16-22)24(29)14-13-20-9-5-3-6-10-20/h3-14,22-23H,15-19H2,1-2H3,(H,26,30)/p+1/b14-13+/t23-/m1/s1. The molecule has 2 amide bonds. The molecular formula is C25H32N3O2+. The van der Waals surface area contributed by atoms with Gasteiger partial charge in [0.1, 0.15) is 6.04 Å². The van der Waals surface area contributed by atoms with Crippen LogP contribution in [0.1, 0.15) is 30.0 Å². The van der Waals surface area contributed by atoms with Gasteiger partial charge in [-0.05, 0) is 24.5 Å². The molecule has 2 aromatic rings. The van der Waals surface area contributed by atoms with Crippen molar-refractivity contribution in [2.75, 3.05) is 33.7 Å². The second-order valence-electron chi connectivity index (χ2n) is 8.13. The molecule has 5 nitrogen and oxygen atoms in total. The molecule has 1 aliphatic heterocycles. The average molecular weight is 407 g/mol. The Bertz CT molecular complexity index is 841. The van der Waals surface area contributed by atoms with Crippen LogP contribution in [-0.2, 0) is 9.59 Å². The van der Waals surface area contributed by atoms with Crippen LogP contribution < -0.4 is 10.2 Å². The van der Waals surface area contributed by atoms with Gasteiger partial charge in [0.2, 0.25) is 11.8 Å². The van der Waals surface area contributed by atoms with Crippen LogP contribution in [0, 0.1) is 5.92 Å². The van der Waals surface area contributed by atoms with Crippen molar-refractivity contribution in [3.63, 3.8) is 0 Å². The first-order valence-corrected chi connectivity index (χ1v) is 10.7. The Labute approximate surface area is 179 Å². The Kier molecular flexibility index (Phi) is 7.80. The molecule has 30 heavy (non-hydrogen) atoms. The van der Waals surface area contributed by atoms with E-state index in [1.807, 2.05) is 59.5 Å². The highest BCUT2D eigenvalue weighted by atomic mass is 16.2. The summed E-state index contributed by atoms with van der Waals surface area (Å²) in [5, 5.41) is 3.15. The Hall–Kier alpha value is -2.92. The second kappa shape index (κ2) is 10.7. The molecule has 1 saturated heterocycles. The van der Waals surface area contributed by atoms with Gasteiger partial charge < -0.3 is 15.1 Å². The maximum atomic E-state index is 12.7. The first-order chi connectivity index (χ1) is 14.5. The van der Waals surface area contributed by atoms with Crippen LogP contribution in [0.3, 0.4) is 0 Å². The van der Waals surface area contributed by atoms with Gasteiger partial charge in [-0.2, -0.15) is 0 Å². The van der Waals surface area contributed by atoms with Gasteiger partial charge in [0.15, 0.2) is 0 Å². The molecule has 0 aliphatic carbocycles. The van der Waals surface area contributed by atoms with Crippen LogP contribution in [0.2, 0.25) is 0 Å². The molecule has 1 atom stereocenters. The summed E-state index contributed by atoms with van der Waals surface area (Å²) in [6, 6.07) is 20.3. The number of quaternary nitrogens is 1. The van der Waals surface area contributed by atoms with Crippen molar-refractivity contribution < 1.29 is 14.5 Å². The number of amides is 2. The van der Waals surface area contributed by atoms with Gasteiger partial charge in [-0.1, -0.05) is 60.7 Å². The normalized spacial score (nSPS) is 16.0. The number of hydrogen-bond acceptors (Lipinski definition) is 2. The van der Waals surface area contributed by atoms with E-state index in [1.165, 1.54) is 10.5 Å². The highest BCUT2D eigenvalue weighted by Crippen LogP contribution is 2.18. The molecule has 0 aromatic heterocycles. The fraction of sp³-hybridized carbons (Fsp3) is 0.360. The number of nitrogens with one attached hydrogen (secondary N) is 2. The third kappa shape index (κ3) is 6.04. The Morgan fingerprint density at radius 1 is 1.03 bits per heavy atom. The van der Waals surface area contributed by atoms with Gasteiger partial charge in [-0.15, -0.1) is 0 Å². The molecule has 0 spiro atoms. The zero-order chi connectivity index (χ0) is 21.3. The van der Waals surface area contributed by atoms with Crippen LogP contribution in [0.15, 0.2) is 66.7 Å². The Morgan fingerprint density at radius 2 is 1.63 bits per heavy atom. The summed E-state index contributed by atoms with van der Waals surface area (Å²) in [5.41, 5.74) is 2.24. The molecule has 0 saturated carbocycles. The lowest BCUT2D eigenvalue weighted by Crippen LogP contribution is -3.07. The molecule has 3 rings (SSSR count). The maximum Gasteiger partial charge on any atom is 0.246 e. The zero-order valence-corrected chi connectivity index (χ0v) is 17.9. The molecule has 2 aromatic carbocycles. The minimum atomic E-state index is -0.0271. The molecule has 1 fully saturated rings. The molecule has 158 valence electrons. The quantitative estimate of drug-likeness (QED) is 0.691. The number of carbonyl (C=O) groups excluding carboxylic acids is 2. The molecule has 1 heterocycles. The van der Waals surface area contributed by atoms with Gasteiger partial charge in [-0.3, -0.25) is 9.59 Å². The number of likely N-dealkylation sites (N-methyl/N-ethyl adjacent to an activating group) is 1. The van der Waals surface area contributed by atoms with E-state index in [2.05, 4.69) is 31.5 Å². The highest BCUT2D eigenvalue weighted by molar-refractivity contribution is 5.92. The third-order valence-corrected chi connectivity index (χ3v) is 5.77. The van der Waals surface area contributed by atoms with E-state index in [4.69, 9.17) is 0 Å². The predicted octanol–water partition coefficient (Wildman–Crippen LogP) is 1.94. The summed E-state index contributed by atoms with van der Waals surface area (Å²) in [6.45, 7) is 1.86. The number of piperidine rings is 1. The minimum Gasteiger partial charge on any atom is -0.350 e. The number of hydrogen-bond donors (Lipinski definition) is 2. The first kappa shape index (κ1) is 21.8. The summed E-state index contributed by atoms with van der Waals surface area (Å²) in [6.07, 6.45) is 4.89. The summed E-state index contributed by atoms with van der Waals surface area (Å²) < 4.78 is 0. The van der Waals surface area contributed by atoms with Crippen molar-refractivity contribution in [3.8, 4) is 0 Å². The highest BCUT2D eigenvalue weighted by Gasteiger charge is 2.27. The SMILES string of the molecule is C[NH+](C)[C@H](CNC(=O)C1CCN(C(=O)/C=C/c2ccccc2)CC1)c1ccccc1. The van der Waals surface area contributed by atoms with Gasteiger partial charge >= 0.3 is 0 Å². The number of nitrogens with zero attached hydrogens (tertiary/aromatic N) is 1. The van der Waals surface area contributed by atoms with Crippen molar-refractivity contribution in [2.24, 2.45) is 5.92 Å². The van der Waals surface area contributed by atoms with E-state index in [-0.39, 0.29) is 23.8 Å². The third-order valence-electron chi connectivity index (χ3n) is 5.77. The molecule has 1 aliphatic rings. The van der Waals surface area contributed by atoms with Crippen LogP contribution >= 0.6 is 0 Å². The molecule has 0 bridgehead atoms. The second-order valence-corrected chi connectivity index (χ2v) is 8.13. The Morgan fingerprint density at radius 3 is 2.23 bits per heavy atom. The lowest BCUT2D eigenvalue weighted by atomic mass is 9.95. The predicted molar refractivity (Wildman–Crippen MR) is 120 cm³/mol. The molecular weight excluding hydrogens is 374 g/mol. The van der Waals surface area contributed by atoms with E-state index >= 15 is 0 Å². The molecule has 5 heteroatoms. The molecule has 0 radical (unpaired) electrons. The largest absolute Gasteiger partial charge is 0.350 e. The zero-order valence-electron chi connectivity index (χ0n) is 17.9. The van der Waals surface area contributed by atoms with Gasteiger partial charge in [0.25, 0.3) is 0 Å². The summed E-state index contributed by atoms with van der Waals surface area (Å²) in [4.78, 5) is 28.3. The molecule has 2 N–H and O–H groups in total. The monoisotopic (exact) mass is 406 g/mol. The van der Waals surface area contributed by atoms with Crippen molar-refractivity contribution >= 4 is 17.9 Å². The number of rotatable bonds is 7. The summed E-state index contributed by atoms with van der Waals surface area (Å²) in [7, 11) is 4.22. The van der Waals surface area contributed by atoms with E-state index in [0.29, 0.717) is 32.5 Å². The van der Waals surface area contributed by atoms with Crippen LogP contribution in [0.5, 0.6) is 0 Å². The Balaban J connectivity index is 1.46. The van der Waals surface area contributed by atoms with E-state index < -0.39 is 0 Å². The summed E-state index contributed by atoms with van der Waals surface area (Å²) >= 11 is 0. The maximum absolute atomic E-state index is 12.7. The van der Waals surface area contributed by atoms with Crippen molar-refractivity contribution in [3.05, 3.63) is 77.9 Å². The van der Waals surface area contributed by atoms with E-state index in [0.717, 1.165) is 5.56 Å². The van der Waals surface area contributed by atoms with Crippen LogP contribution in [0.25, 0.3) is 6.08 Å². The summed E-state index contributed by atoms with van der Waals surface area (Å²) in [5.74, 6) is 0.0860. The van der Waals surface area contributed by atoms with Crippen molar-refractivity contribution in [2.45, 2.75) is 18.9 Å². The van der Waals surface area contributed by atoms with Gasteiger partial charge in [-0.25, -0.2) is 0 Å². The topological polar surface area (TPSA) is 53.9 Å². The lowest BCUT2D eigenvalue weighted by molar-refractivity contribution is -0.890.